The normalized spacial score (nSPS) is 33.9. The molecule has 4 saturated carbocycles. The van der Waals surface area contributed by atoms with Gasteiger partial charge in [0.05, 0.1) is 10.7 Å². The van der Waals surface area contributed by atoms with Crippen LogP contribution in [0.4, 0.5) is 4.39 Å². The maximum atomic E-state index is 13.4. The molecule has 7 heteroatoms. The number of oxime groups is 1. The zero-order chi connectivity index (χ0) is 18.6. The van der Waals surface area contributed by atoms with Crippen LogP contribution in [0.15, 0.2) is 23.4 Å². The summed E-state index contributed by atoms with van der Waals surface area (Å²) in [5, 5.41) is 7.50. The third-order valence-electron chi connectivity index (χ3n) is 6.68. The van der Waals surface area contributed by atoms with E-state index in [2.05, 4.69) is 10.5 Å². The van der Waals surface area contributed by atoms with Crippen LogP contribution in [0.3, 0.4) is 0 Å². The molecule has 1 N–H and O–H groups in total. The molecule has 1 aromatic rings. The summed E-state index contributed by atoms with van der Waals surface area (Å²) >= 11 is 5.64. The van der Waals surface area contributed by atoms with Crippen molar-refractivity contribution in [2.75, 3.05) is 6.61 Å². The van der Waals surface area contributed by atoms with Gasteiger partial charge in [-0.25, -0.2) is 4.39 Å². The van der Waals surface area contributed by atoms with Gasteiger partial charge in [-0.3, -0.25) is 4.79 Å². The molecule has 4 fully saturated rings. The molecule has 1 amide bonds. The van der Waals surface area contributed by atoms with Gasteiger partial charge in [-0.1, -0.05) is 23.2 Å². The highest BCUT2D eigenvalue weighted by Crippen LogP contribution is 2.69. The third-order valence-corrected chi connectivity index (χ3v) is 6.98. The molecular formula is C20H22ClFN2O3. The SMILES string of the molecule is O=C(COc1ccc(Cl)c(F)c1)NC12CC(C3=NO[C@H](C4CCC4)C3)(C1)C2. The van der Waals surface area contributed by atoms with E-state index in [-0.39, 0.29) is 34.6 Å². The number of rotatable bonds is 6. The van der Waals surface area contributed by atoms with Gasteiger partial charge < -0.3 is 14.9 Å². The van der Waals surface area contributed by atoms with E-state index in [1.165, 1.54) is 37.1 Å². The first kappa shape index (κ1) is 17.3. The summed E-state index contributed by atoms with van der Waals surface area (Å²) in [4.78, 5) is 17.9. The Bertz CT molecular complexity index is 804. The van der Waals surface area contributed by atoms with Crippen molar-refractivity contribution in [2.45, 2.75) is 56.6 Å². The van der Waals surface area contributed by atoms with Crippen LogP contribution in [0.2, 0.25) is 5.02 Å². The highest BCUT2D eigenvalue weighted by atomic mass is 35.5. The van der Waals surface area contributed by atoms with Crippen LogP contribution in [0, 0.1) is 17.2 Å². The number of hydrogen-bond acceptors (Lipinski definition) is 4. The number of halogens is 2. The highest BCUT2D eigenvalue weighted by Gasteiger charge is 2.71. The fourth-order valence-electron chi connectivity index (χ4n) is 5.05. The smallest absolute Gasteiger partial charge is 0.258 e. The standard InChI is InChI=1S/C20H22ClFN2O3/c21-14-5-4-13(6-15(14)22)26-8-18(25)23-20-9-19(10-20,11-20)17-7-16(27-24-17)12-2-1-3-12/h4-6,12,16H,1-3,7-11H2,(H,23,25)/t16-,19?,20?/m0/s1. The van der Waals surface area contributed by atoms with E-state index in [0.717, 1.165) is 25.7 Å². The van der Waals surface area contributed by atoms with Crippen LogP contribution >= 0.6 is 11.6 Å². The first-order valence-electron chi connectivity index (χ1n) is 9.59. The van der Waals surface area contributed by atoms with E-state index < -0.39 is 5.82 Å². The molecule has 1 aromatic carbocycles. The van der Waals surface area contributed by atoms with E-state index >= 15 is 0 Å². The lowest BCUT2D eigenvalue weighted by Gasteiger charge is -2.70. The zero-order valence-corrected chi connectivity index (χ0v) is 15.7. The summed E-state index contributed by atoms with van der Waals surface area (Å²) < 4.78 is 18.8. The van der Waals surface area contributed by atoms with Gasteiger partial charge in [0.25, 0.3) is 5.91 Å². The molecule has 5 aliphatic rings. The summed E-state index contributed by atoms with van der Waals surface area (Å²) in [6.45, 7) is -0.135. The lowest BCUT2D eigenvalue weighted by Crippen LogP contribution is -2.77. The molecule has 6 rings (SSSR count). The Morgan fingerprint density at radius 1 is 1.37 bits per heavy atom. The van der Waals surface area contributed by atoms with Crippen molar-refractivity contribution in [2.24, 2.45) is 16.5 Å². The van der Waals surface area contributed by atoms with E-state index in [9.17, 15) is 9.18 Å². The molecule has 0 aromatic heterocycles. The Labute approximate surface area is 162 Å². The Morgan fingerprint density at radius 2 is 2.15 bits per heavy atom. The average molecular weight is 393 g/mol. The molecule has 144 valence electrons. The number of nitrogens with zero attached hydrogens (tertiary/aromatic N) is 1. The van der Waals surface area contributed by atoms with Crippen molar-refractivity contribution < 1.29 is 18.8 Å². The summed E-state index contributed by atoms with van der Waals surface area (Å²) in [5.74, 6) is 0.231. The van der Waals surface area contributed by atoms with Crippen LogP contribution in [0.5, 0.6) is 5.75 Å². The van der Waals surface area contributed by atoms with Crippen molar-refractivity contribution in [1.82, 2.24) is 5.32 Å². The first-order valence-corrected chi connectivity index (χ1v) is 9.97. The quantitative estimate of drug-likeness (QED) is 0.800. The number of amides is 1. The van der Waals surface area contributed by atoms with Crippen molar-refractivity contribution in [3.63, 3.8) is 0 Å². The summed E-state index contributed by atoms with van der Waals surface area (Å²) in [6, 6.07) is 4.14. The second-order valence-electron chi connectivity index (χ2n) is 8.58. The van der Waals surface area contributed by atoms with Gasteiger partial charge in [0.15, 0.2) is 6.61 Å². The van der Waals surface area contributed by atoms with Gasteiger partial charge in [0.1, 0.15) is 17.7 Å². The predicted molar refractivity (Wildman–Crippen MR) is 98.3 cm³/mol. The van der Waals surface area contributed by atoms with E-state index in [4.69, 9.17) is 21.2 Å². The molecule has 0 saturated heterocycles. The molecule has 27 heavy (non-hydrogen) atoms. The summed E-state index contributed by atoms with van der Waals surface area (Å²) in [7, 11) is 0. The largest absolute Gasteiger partial charge is 0.484 e. The maximum Gasteiger partial charge on any atom is 0.258 e. The fourth-order valence-corrected chi connectivity index (χ4v) is 5.17. The Balaban J connectivity index is 1.09. The van der Waals surface area contributed by atoms with Crippen LogP contribution < -0.4 is 10.1 Å². The molecule has 0 radical (unpaired) electrons. The Morgan fingerprint density at radius 3 is 2.81 bits per heavy atom. The van der Waals surface area contributed by atoms with Crippen molar-refractivity contribution in [3.05, 3.63) is 29.0 Å². The molecule has 4 aliphatic carbocycles. The Kier molecular flexibility index (Phi) is 3.90. The van der Waals surface area contributed by atoms with Crippen molar-refractivity contribution in [3.8, 4) is 5.75 Å². The lowest BCUT2D eigenvalue weighted by molar-refractivity contribution is -0.143. The average Bonchev–Trinajstić information content (AvgIpc) is 2.98. The van der Waals surface area contributed by atoms with Gasteiger partial charge in [-0.2, -0.15) is 0 Å². The summed E-state index contributed by atoms with van der Waals surface area (Å²) in [6.07, 6.45) is 7.87. The van der Waals surface area contributed by atoms with Crippen molar-refractivity contribution in [1.29, 1.82) is 0 Å². The highest BCUT2D eigenvalue weighted by molar-refractivity contribution is 6.30. The Hall–Kier alpha value is -1.82. The van der Waals surface area contributed by atoms with Gasteiger partial charge >= 0.3 is 0 Å². The number of benzene rings is 1. The van der Waals surface area contributed by atoms with Crippen LogP contribution in [-0.2, 0) is 9.63 Å². The number of carbonyl (C=O) groups excluding carboxylic acids is 1. The van der Waals surface area contributed by atoms with E-state index in [0.29, 0.717) is 11.7 Å². The van der Waals surface area contributed by atoms with Crippen molar-refractivity contribution >= 4 is 23.2 Å². The minimum absolute atomic E-state index is 0.0318. The molecule has 1 atom stereocenters. The van der Waals surface area contributed by atoms with Crippen LogP contribution in [-0.4, -0.2) is 29.9 Å². The molecule has 0 spiro atoms. The topological polar surface area (TPSA) is 59.9 Å². The van der Waals surface area contributed by atoms with Gasteiger partial charge in [0.2, 0.25) is 0 Å². The third kappa shape index (κ3) is 2.89. The number of ether oxygens (including phenoxy) is 1. The lowest BCUT2D eigenvalue weighted by atomic mass is 9.37. The summed E-state index contributed by atoms with van der Waals surface area (Å²) in [5.41, 5.74) is 1.22. The van der Waals surface area contributed by atoms with Gasteiger partial charge in [-0.05, 0) is 50.2 Å². The fraction of sp³-hybridized carbons (Fsp3) is 0.600. The van der Waals surface area contributed by atoms with E-state index in [1.807, 2.05) is 0 Å². The van der Waals surface area contributed by atoms with E-state index in [1.54, 1.807) is 6.07 Å². The van der Waals surface area contributed by atoms with Gasteiger partial charge in [0, 0.05) is 23.4 Å². The first-order chi connectivity index (χ1) is 13.0. The molecule has 2 bridgehead atoms. The number of carbonyl (C=O) groups is 1. The number of hydrogen-bond donors (Lipinski definition) is 1. The molecule has 5 nitrogen and oxygen atoms in total. The monoisotopic (exact) mass is 392 g/mol. The van der Waals surface area contributed by atoms with Crippen LogP contribution in [0.25, 0.3) is 0 Å². The maximum absolute atomic E-state index is 13.4. The molecular weight excluding hydrogens is 371 g/mol. The number of nitrogens with one attached hydrogen (secondary N) is 1. The second-order valence-corrected chi connectivity index (χ2v) is 8.99. The minimum atomic E-state index is -0.560. The minimum Gasteiger partial charge on any atom is -0.484 e. The predicted octanol–water partition coefficient (Wildman–Crippen LogP) is 3.84. The van der Waals surface area contributed by atoms with Crippen LogP contribution in [0.1, 0.15) is 44.9 Å². The van der Waals surface area contributed by atoms with Gasteiger partial charge in [-0.15, -0.1) is 0 Å². The molecule has 1 aliphatic heterocycles. The molecule has 0 unspecified atom stereocenters. The molecule has 1 heterocycles. The zero-order valence-electron chi connectivity index (χ0n) is 15.0. The second kappa shape index (κ2) is 6.09.